The zero-order chi connectivity index (χ0) is 13.7. The number of carbonyl (C=O) groups excluding carboxylic acids is 1. The molecular formula is C14H15F2NO2. The Morgan fingerprint density at radius 1 is 1.32 bits per heavy atom. The highest BCUT2D eigenvalue weighted by molar-refractivity contribution is 6.01. The number of aliphatic hydroxyl groups is 1. The van der Waals surface area contributed by atoms with Gasteiger partial charge in [-0.2, -0.15) is 8.78 Å². The number of benzene rings is 1. The van der Waals surface area contributed by atoms with E-state index in [0.29, 0.717) is 18.5 Å². The Morgan fingerprint density at radius 3 is 2.63 bits per heavy atom. The number of anilines is 1. The van der Waals surface area contributed by atoms with Crippen molar-refractivity contribution in [3.05, 3.63) is 29.8 Å². The van der Waals surface area contributed by atoms with Crippen LogP contribution in [0.2, 0.25) is 0 Å². The van der Waals surface area contributed by atoms with E-state index in [0.717, 1.165) is 10.5 Å². The number of carbonyl (C=O) groups is 1. The van der Waals surface area contributed by atoms with Crippen LogP contribution in [0.5, 0.6) is 0 Å². The maximum absolute atomic E-state index is 14.2. The highest BCUT2D eigenvalue weighted by Crippen LogP contribution is 2.46. The lowest BCUT2D eigenvalue weighted by Crippen LogP contribution is -2.61. The summed E-state index contributed by atoms with van der Waals surface area (Å²) in [7, 11) is 0. The quantitative estimate of drug-likeness (QED) is 0.891. The molecule has 1 aromatic rings. The van der Waals surface area contributed by atoms with E-state index in [4.69, 9.17) is 0 Å². The first-order valence-electron chi connectivity index (χ1n) is 6.46. The fraction of sp³-hybridized carbons (Fsp3) is 0.500. The van der Waals surface area contributed by atoms with Gasteiger partial charge in [-0.15, -0.1) is 0 Å². The summed E-state index contributed by atoms with van der Waals surface area (Å²) >= 11 is 0. The normalized spacial score (nSPS) is 20.9. The molecule has 1 saturated carbocycles. The summed E-state index contributed by atoms with van der Waals surface area (Å²) in [6.07, 6.45) is 1.09. The average molecular weight is 267 g/mol. The Hall–Kier alpha value is -1.49. The molecule has 3 nitrogen and oxygen atoms in total. The Balaban J connectivity index is 1.90. The van der Waals surface area contributed by atoms with Crippen molar-refractivity contribution in [2.24, 2.45) is 0 Å². The van der Waals surface area contributed by atoms with Gasteiger partial charge < -0.3 is 10.0 Å². The van der Waals surface area contributed by atoms with Gasteiger partial charge in [-0.1, -0.05) is 18.2 Å². The largest absolute Gasteiger partial charge is 0.383 e. The third kappa shape index (κ3) is 1.68. The van der Waals surface area contributed by atoms with Gasteiger partial charge in [0.25, 0.3) is 0 Å². The smallest absolute Gasteiger partial charge is 0.352 e. The van der Waals surface area contributed by atoms with Crippen molar-refractivity contribution in [2.45, 2.75) is 37.2 Å². The number of fused-ring (bicyclic) bond motifs is 1. The van der Waals surface area contributed by atoms with Gasteiger partial charge in [-0.05, 0) is 37.3 Å². The van der Waals surface area contributed by atoms with Crippen molar-refractivity contribution < 1.29 is 18.7 Å². The molecule has 0 aromatic heterocycles. The second kappa shape index (κ2) is 4.00. The molecule has 102 valence electrons. The minimum atomic E-state index is -3.71. The van der Waals surface area contributed by atoms with Crippen LogP contribution < -0.4 is 4.90 Å². The van der Waals surface area contributed by atoms with E-state index in [1.807, 2.05) is 12.1 Å². The molecule has 2 aliphatic rings. The van der Waals surface area contributed by atoms with E-state index in [1.165, 1.54) is 0 Å². The van der Waals surface area contributed by atoms with E-state index < -0.39 is 17.4 Å². The third-order valence-electron chi connectivity index (χ3n) is 4.17. The maximum atomic E-state index is 14.2. The fourth-order valence-electron chi connectivity index (χ4n) is 2.74. The lowest BCUT2D eigenvalue weighted by Gasteiger charge is -2.42. The molecule has 3 rings (SSSR count). The second-order valence-electron chi connectivity index (χ2n) is 5.30. The highest BCUT2D eigenvalue weighted by Gasteiger charge is 2.62. The number of rotatable bonds is 2. The summed E-state index contributed by atoms with van der Waals surface area (Å²) < 4.78 is 28.3. The van der Waals surface area contributed by atoms with Crippen LogP contribution in [-0.4, -0.2) is 29.1 Å². The summed E-state index contributed by atoms with van der Waals surface area (Å²) in [5, 5.41) is 9.82. The Bertz CT molecular complexity index is 526. The SMILES string of the molecule is O=C(N1CCc2ccccc21)C(F)(F)C1(O)CCC1. The van der Waals surface area contributed by atoms with E-state index in [2.05, 4.69) is 0 Å². The molecule has 19 heavy (non-hydrogen) atoms. The summed E-state index contributed by atoms with van der Waals surface area (Å²) in [6, 6.07) is 7.05. The number of halogens is 2. The standard InChI is InChI=1S/C14H15F2NO2/c15-14(16,13(19)7-3-8-13)12(18)17-9-6-10-4-1-2-5-11(10)17/h1-2,4-5,19H,3,6-9H2. The van der Waals surface area contributed by atoms with E-state index in [9.17, 15) is 18.7 Å². The number of amides is 1. The van der Waals surface area contributed by atoms with Crippen LogP contribution in [0, 0.1) is 0 Å². The molecular weight excluding hydrogens is 252 g/mol. The zero-order valence-electron chi connectivity index (χ0n) is 10.4. The van der Waals surface area contributed by atoms with Crippen LogP contribution in [-0.2, 0) is 11.2 Å². The first-order chi connectivity index (χ1) is 8.96. The molecule has 0 spiro atoms. The summed E-state index contributed by atoms with van der Waals surface area (Å²) in [6.45, 7) is 0.254. The van der Waals surface area contributed by atoms with Crippen molar-refractivity contribution in [3.8, 4) is 0 Å². The van der Waals surface area contributed by atoms with Crippen molar-refractivity contribution >= 4 is 11.6 Å². The Kier molecular flexibility index (Phi) is 2.64. The minimum absolute atomic E-state index is 0.0127. The zero-order valence-corrected chi connectivity index (χ0v) is 10.4. The van der Waals surface area contributed by atoms with Crippen LogP contribution in [0.25, 0.3) is 0 Å². The van der Waals surface area contributed by atoms with Gasteiger partial charge in [0.15, 0.2) is 0 Å². The van der Waals surface area contributed by atoms with Gasteiger partial charge in [-0.3, -0.25) is 4.79 Å². The van der Waals surface area contributed by atoms with E-state index >= 15 is 0 Å². The average Bonchev–Trinajstić information content (AvgIpc) is 2.78. The summed E-state index contributed by atoms with van der Waals surface area (Å²) in [4.78, 5) is 13.2. The van der Waals surface area contributed by atoms with Crippen LogP contribution in [0.15, 0.2) is 24.3 Å². The number of alkyl halides is 2. The summed E-state index contributed by atoms with van der Waals surface area (Å²) in [5.74, 6) is -4.98. The van der Waals surface area contributed by atoms with Gasteiger partial charge in [0.05, 0.1) is 0 Å². The second-order valence-corrected chi connectivity index (χ2v) is 5.30. The molecule has 1 aliphatic carbocycles. The summed E-state index contributed by atoms with van der Waals surface area (Å²) in [5.41, 5.74) is -0.718. The van der Waals surface area contributed by atoms with Crippen LogP contribution in [0.4, 0.5) is 14.5 Å². The topological polar surface area (TPSA) is 40.5 Å². The number of para-hydroxylation sites is 1. The van der Waals surface area contributed by atoms with Gasteiger partial charge in [0.1, 0.15) is 5.60 Å². The lowest BCUT2D eigenvalue weighted by molar-refractivity contribution is -0.213. The highest BCUT2D eigenvalue weighted by atomic mass is 19.3. The number of hydrogen-bond acceptors (Lipinski definition) is 2. The molecule has 0 unspecified atom stereocenters. The first-order valence-corrected chi connectivity index (χ1v) is 6.46. The molecule has 1 aliphatic heterocycles. The molecule has 1 fully saturated rings. The first kappa shape index (κ1) is 12.5. The van der Waals surface area contributed by atoms with Crippen molar-refractivity contribution in [3.63, 3.8) is 0 Å². The molecule has 1 heterocycles. The maximum Gasteiger partial charge on any atom is 0.352 e. The van der Waals surface area contributed by atoms with Gasteiger partial charge in [0.2, 0.25) is 0 Å². The molecule has 0 bridgehead atoms. The Morgan fingerprint density at radius 2 is 2.00 bits per heavy atom. The fourth-order valence-corrected chi connectivity index (χ4v) is 2.74. The van der Waals surface area contributed by atoms with E-state index in [1.54, 1.807) is 12.1 Å². The van der Waals surface area contributed by atoms with Crippen molar-refractivity contribution in [1.29, 1.82) is 0 Å². The monoisotopic (exact) mass is 267 g/mol. The lowest BCUT2D eigenvalue weighted by atomic mass is 9.75. The predicted octanol–water partition coefficient (Wildman–Crippen LogP) is 2.13. The molecule has 0 saturated heterocycles. The molecule has 5 heteroatoms. The number of nitrogens with zero attached hydrogens (tertiary/aromatic N) is 1. The Labute approximate surface area is 109 Å². The van der Waals surface area contributed by atoms with Crippen molar-refractivity contribution in [2.75, 3.05) is 11.4 Å². The third-order valence-corrected chi connectivity index (χ3v) is 4.17. The number of hydrogen-bond donors (Lipinski definition) is 1. The van der Waals surface area contributed by atoms with E-state index in [-0.39, 0.29) is 19.4 Å². The molecule has 1 N–H and O–H groups in total. The van der Waals surface area contributed by atoms with Crippen LogP contribution >= 0.6 is 0 Å². The molecule has 1 amide bonds. The molecule has 0 atom stereocenters. The van der Waals surface area contributed by atoms with Crippen molar-refractivity contribution in [1.82, 2.24) is 0 Å². The predicted molar refractivity (Wildman–Crippen MR) is 66.2 cm³/mol. The van der Waals surface area contributed by atoms with Gasteiger partial charge in [-0.25, -0.2) is 0 Å². The van der Waals surface area contributed by atoms with Crippen LogP contribution in [0.3, 0.4) is 0 Å². The van der Waals surface area contributed by atoms with Gasteiger partial charge in [0, 0.05) is 12.2 Å². The van der Waals surface area contributed by atoms with Gasteiger partial charge >= 0.3 is 11.8 Å². The molecule has 1 aromatic carbocycles. The van der Waals surface area contributed by atoms with Crippen LogP contribution in [0.1, 0.15) is 24.8 Å². The molecule has 0 radical (unpaired) electrons. The minimum Gasteiger partial charge on any atom is -0.383 e.